The fraction of sp³-hybridized carbons (Fsp3) is 0.182. The molecule has 30 heavy (non-hydrogen) atoms. The van der Waals surface area contributed by atoms with Crippen molar-refractivity contribution in [3.63, 3.8) is 0 Å². The van der Waals surface area contributed by atoms with Crippen molar-refractivity contribution in [3.05, 3.63) is 75.7 Å². The first-order valence-electron chi connectivity index (χ1n) is 9.17. The number of halogens is 3. The quantitative estimate of drug-likeness (QED) is 0.323. The van der Waals surface area contributed by atoms with E-state index in [0.717, 1.165) is 30.5 Å². The van der Waals surface area contributed by atoms with Crippen LogP contribution in [0.25, 0.3) is 0 Å². The third-order valence-electron chi connectivity index (χ3n) is 4.29. The van der Waals surface area contributed by atoms with Crippen molar-refractivity contribution in [2.75, 3.05) is 0 Å². The minimum absolute atomic E-state index is 0.00906. The molecule has 1 heterocycles. The Labute approximate surface area is 182 Å². The molecular weight excluding hydrogens is 432 g/mol. The summed E-state index contributed by atoms with van der Waals surface area (Å²) >= 11 is 12.3. The summed E-state index contributed by atoms with van der Waals surface area (Å²) < 4.78 is 30.9. The lowest BCUT2D eigenvalue weighted by atomic mass is 10.2. The second-order valence-electron chi connectivity index (χ2n) is 6.84. The summed E-state index contributed by atoms with van der Waals surface area (Å²) in [5, 5.41) is 0.302. The first kappa shape index (κ1) is 20.4. The first-order valence-corrected chi connectivity index (χ1v) is 9.92. The minimum atomic E-state index is -0.865. The number of carbonyl (C=O) groups excluding carboxylic acids is 1. The molecule has 0 aliphatic heterocycles. The molecule has 0 radical (unpaired) electrons. The molecule has 4 rings (SSSR count). The molecular formula is C22H16Cl2FNO4. The fourth-order valence-electron chi connectivity index (χ4n) is 2.55. The van der Waals surface area contributed by atoms with Crippen molar-refractivity contribution in [2.45, 2.75) is 25.9 Å². The lowest BCUT2D eigenvalue weighted by Gasteiger charge is -2.12. The van der Waals surface area contributed by atoms with E-state index in [4.69, 9.17) is 37.4 Å². The van der Waals surface area contributed by atoms with Crippen molar-refractivity contribution in [1.82, 2.24) is 4.98 Å². The van der Waals surface area contributed by atoms with E-state index in [2.05, 4.69) is 4.98 Å². The predicted molar refractivity (Wildman–Crippen MR) is 111 cm³/mol. The van der Waals surface area contributed by atoms with Crippen molar-refractivity contribution in [2.24, 2.45) is 0 Å². The average Bonchev–Trinajstić information content (AvgIpc) is 3.52. The zero-order valence-electron chi connectivity index (χ0n) is 15.8. The van der Waals surface area contributed by atoms with Crippen LogP contribution in [0.3, 0.4) is 0 Å². The molecule has 8 heteroatoms. The molecule has 3 aromatic rings. The van der Waals surface area contributed by atoms with Gasteiger partial charge in [-0.25, -0.2) is 14.2 Å². The van der Waals surface area contributed by atoms with Crippen LogP contribution in [0.5, 0.6) is 23.1 Å². The standard InChI is InChI=1S/C22H16Cl2FNO4/c1-12-2-4-14(5-3-12)30-22(27)16-9-17(23)20(10-19(16)25)28-15-8-18(24)21(26-11-15)29-13-6-7-13/h2-5,8-11,13H,6-7H2,1H3. The van der Waals surface area contributed by atoms with E-state index in [1.165, 1.54) is 12.3 Å². The molecule has 1 saturated carbocycles. The molecule has 0 amide bonds. The van der Waals surface area contributed by atoms with Gasteiger partial charge < -0.3 is 14.2 Å². The van der Waals surface area contributed by atoms with Crippen LogP contribution in [0.2, 0.25) is 10.0 Å². The van der Waals surface area contributed by atoms with E-state index < -0.39 is 11.8 Å². The minimum Gasteiger partial charge on any atom is -0.473 e. The number of nitrogens with zero attached hydrogens (tertiary/aromatic N) is 1. The van der Waals surface area contributed by atoms with Crippen LogP contribution >= 0.6 is 23.2 Å². The van der Waals surface area contributed by atoms with E-state index in [1.807, 2.05) is 6.92 Å². The highest BCUT2D eigenvalue weighted by Crippen LogP contribution is 2.36. The number of carbonyl (C=O) groups is 1. The van der Waals surface area contributed by atoms with Gasteiger partial charge in [0.1, 0.15) is 34.2 Å². The van der Waals surface area contributed by atoms with Gasteiger partial charge in [-0.2, -0.15) is 0 Å². The molecule has 0 saturated heterocycles. The number of rotatable bonds is 6. The molecule has 154 valence electrons. The van der Waals surface area contributed by atoms with E-state index >= 15 is 0 Å². The maximum absolute atomic E-state index is 14.5. The van der Waals surface area contributed by atoms with Gasteiger partial charge in [0.25, 0.3) is 0 Å². The molecule has 1 aromatic heterocycles. The number of hydrogen-bond donors (Lipinski definition) is 0. The Hall–Kier alpha value is -2.83. The number of aromatic nitrogens is 1. The molecule has 1 fully saturated rings. The molecule has 0 N–H and O–H groups in total. The Kier molecular flexibility index (Phi) is 5.79. The van der Waals surface area contributed by atoms with E-state index in [9.17, 15) is 9.18 Å². The number of pyridine rings is 1. The number of aryl methyl sites for hydroxylation is 1. The van der Waals surface area contributed by atoms with Crippen LogP contribution in [0.4, 0.5) is 4.39 Å². The Morgan fingerprint density at radius 1 is 1.07 bits per heavy atom. The van der Waals surface area contributed by atoms with Crippen LogP contribution < -0.4 is 14.2 Å². The Bertz CT molecular complexity index is 1100. The lowest BCUT2D eigenvalue weighted by Crippen LogP contribution is -2.11. The Morgan fingerprint density at radius 2 is 1.80 bits per heavy atom. The van der Waals surface area contributed by atoms with E-state index in [-0.39, 0.29) is 33.2 Å². The molecule has 0 unspecified atom stereocenters. The molecule has 1 aliphatic carbocycles. The van der Waals surface area contributed by atoms with Gasteiger partial charge in [0.2, 0.25) is 5.88 Å². The highest BCUT2D eigenvalue weighted by atomic mass is 35.5. The zero-order chi connectivity index (χ0) is 21.3. The predicted octanol–water partition coefficient (Wildman–Crippen LogP) is 6.39. The van der Waals surface area contributed by atoms with E-state index in [1.54, 1.807) is 24.3 Å². The topological polar surface area (TPSA) is 57.7 Å². The highest BCUT2D eigenvalue weighted by Gasteiger charge is 2.25. The highest BCUT2D eigenvalue weighted by molar-refractivity contribution is 6.32. The molecule has 2 aromatic carbocycles. The Morgan fingerprint density at radius 3 is 2.47 bits per heavy atom. The molecule has 0 bridgehead atoms. The molecule has 5 nitrogen and oxygen atoms in total. The molecule has 1 aliphatic rings. The van der Waals surface area contributed by atoms with Gasteiger partial charge in [0, 0.05) is 12.1 Å². The zero-order valence-corrected chi connectivity index (χ0v) is 17.3. The van der Waals surface area contributed by atoms with Crippen molar-refractivity contribution in [1.29, 1.82) is 0 Å². The van der Waals surface area contributed by atoms with Gasteiger partial charge in [0.15, 0.2) is 0 Å². The van der Waals surface area contributed by atoms with E-state index in [0.29, 0.717) is 11.6 Å². The van der Waals surface area contributed by atoms with Crippen molar-refractivity contribution < 1.29 is 23.4 Å². The second kappa shape index (κ2) is 8.50. The van der Waals surface area contributed by atoms with Gasteiger partial charge in [-0.3, -0.25) is 0 Å². The summed E-state index contributed by atoms with van der Waals surface area (Å²) in [5.41, 5.74) is 0.699. The smallest absolute Gasteiger partial charge is 0.346 e. The largest absolute Gasteiger partial charge is 0.473 e. The lowest BCUT2D eigenvalue weighted by molar-refractivity contribution is 0.0730. The van der Waals surface area contributed by atoms with Crippen molar-refractivity contribution in [3.8, 4) is 23.1 Å². The summed E-state index contributed by atoms with van der Waals surface area (Å²) in [6.07, 6.45) is 3.50. The molecule has 0 spiro atoms. The second-order valence-corrected chi connectivity index (χ2v) is 7.66. The summed E-state index contributed by atoms with van der Waals surface area (Å²) in [5.74, 6) is -0.821. The Balaban J connectivity index is 1.50. The maximum Gasteiger partial charge on any atom is 0.346 e. The number of ether oxygens (including phenoxy) is 3. The molecule has 0 atom stereocenters. The monoisotopic (exact) mass is 447 g/mol. The van der Waals surface area contributed by atoms with Gasteiger partial charge >= 0.3 is 5.97 Å². The van der Waals surface area contributed by atoms with Gasteiger partial charge in [0.05, 0.1) is 16.8 Å². The van der Waals surface area contributed by atoms with Gasteiger partial charge in [-0.15, -0.1) is 0 Å². The van der Waals surface area contributed by atoms with Crippen LogP contribution in [-0.4, -0.2) is 17.1 Å². The number of benzene rings is 2. The normalized spacial score (nSPS) is 13.1. The average molecular weight is 448 g/mol. The van der Waals surface area contributed by atoms with Gasteiger partial charge in [-0.05, 0) is 38.0 Å². The third kappa shape index (κ3) is 4.83. The fourth-order valence-corrected chi connectivity index (χ4v) is 2.96. The summed E-state index contributed by atoms with van der Waals surface area (Å²) in [7, 11) is 0. The summed E-state index contributed by atoms with van der Waals surface area (Å²) in [6.45, 7) is 1.90. The van der Waals surface area contributed by atoms with Crippen LogP contribution in [-0.2, 0) is 0 Å². The number of esters is 1. The summed E-state index contributed by atoms with van der Waals surface area (Å²) in [6, 6.07) is 10.5. The van der Waals surface area contributed by atoms with Gasteiger partial charge in [-0.1, -0.05) is 40.9 Å². The third-order valence-corrected chi connectivity index (χ3v) is 4.85. The SMILES string of the molecule is Cc1ccc(OC(=O)c2cc(Cl)c(Oc3cnc(OC4CC4)c(Cl)c3)cc2F)cc1. The maximum atomic E-state index is 14.5. The van der Waals surface area contributed by atoms with Crippen LogP contribution in [0, 0.1) is 12.7 Å². The summed E-state index contributed by atoms with van der Waals surface area (Å²) in [4.78, 5) is 16.4. The van der Waals surface area contributed by atoms with Crippen molar-refractivity contribution >= 4 is 29.2 Å². The van der Waals surface area contributed by atoms with Crippen LogP contribution in [0.15, 0.2) is 48.7 Å². The number of hydrogen-bond acceptors (Lipinski definition) is 5. The van der Waals surface area contributed by atoms with Crippen LogP contribution in [0.1, 0.15) is 28.8 Å². The first-order chi connectivity index (χ1) is 14.4.